The summed E-state index contributed by atoms with van der Waals surface area (Å²) < 4.78 is 0. The molecule has 2 aliphatic rings. The van der Waals surface area contributed by atoms with Gasteiger partial charge in [0.1, 0.15) is 5.82 Å². The highest BCUT2D eigenvalue weighted by Crippen LogP contribution is 2.41. The van der Waals surface area contributed by atoms with E-state index >= 15 is 0 Å². The lowest BCUT2D eigenvalue weighted by Crippen LogP contribution is -2.59. The highest BCUT2D eigenvalue weighted by atomic mass is 16.4. The molecule has 1 atom stereocenters. The summed E-state index contributed by atoms with van der Waals surface area (Å²) in [4.78, 5) is 36.9. The molecule has 0 radical (unpaired) electrons. The average molecular weight is 481 g/mol. The van der Waals surface area contributed by atoms with E-state index < -0.39 is 6.09 Å². The quantitative estimate of drug-likeness (QED) is 0.527. The van der Waals surface area contributed by atoms with Gasteiger partial charge in [-0.3, -0.25) is 4.79 Å². The van der Waals surface area contributed by atoms with E-state index in [9.17, 15) is 14.7 Å². The SMILES string of the molecule is C=C(C)c1ccc2c(N[C@H](CC(=O)NC)CC(C)C)nc(N3CCC4(CN(C(=O)O)C4)C3)nc2c1. The fourth-order valence-electron chi connectivity index (χ4n) is 5.18. The lowest BCUT2D eigenvalue weighted by Gasteiger charge is -2.46. The molecule has 0 bridgehead atoms. The molecular weight excluding hydrogens is 444 g/mol. The monoisotopic (exact) mass is 480 g/mol. The second-order valence-electron chi connectivity index (χ2n) is 10.5. The minimum absolute atomic E-state index is 0.0132. The molecule has 188 valence electrons. The van der Waals surface area contributed by atoms with Crippen LogP contribution in [0.25, 0.3) is 16.5 Å². The van der Waals surface area contributed by atoms with Crippen LogP contribution < -0.4 is 15.5 Å². The molecule has 2 aliphatic heterocycles. The number of nitrogens with one attached hydrogen (secondary N) is 2. The van der Waals surface area contributed by atoms with Gasteiger partial charge in [-0.1, -0.05) is 32.1 Å². The van der Waals surface area contributed by atoms with Crippen LogP contribution in [0.1, 0.15) is 45.6 Å². The van der Waals surface area contributed by atoms with Crippen LogP contribution in [0.3, 0.4) is 0 Å². The minimum atomic E-state index is -0.859. The molecule has 0 aliphatic carbocycles. The maximum atomic E-state index is 12.2. The van der Waals surface area contributed by atoms with Crippen LogP contribution in [-0.4, -0.2) is 71.2 Å². The number of fused-ring (bicyclic) bond motifs is 1. The van der Waals surface area contributed by atoms with Gasteiger partial charge >= 0.3 is 6.09 Å². The van der Waals surface area contributed by atoms with Crippen molar-refractivity contribution in [2.75, 3.05) is 43.4 Å². The maximum absolute atomic E-state index is 12.2. The van der Waals surface area contributed by atoms with Crippen molar-refractivity contribution in [2.24, 2.45) is 11.3 Å². The first-order valence-corrected chi connectivity index (χ1v) is 12.3. The zero-order chi connectivity index (χ0) is 25.3. The molecule has 2 saturated heterocycles. The van der Waals surface area contributed by atoms with Crippen molar-refractivity contribution in [2.45, 2.75) is 46.1 Å². The highest BCUT2D eigenvalue weighted by molar-refractivity contribution is 5.92. The summed E-state index contributed by atoms with van der Waals surface area (Å²) in [5.74, 6) is 1.75. The van der Waals surface area contributed by atoms with E-state index in [0.29, 0.717) is 31.4 Å². The molecule has 35 heavy (non-hydrogen) atoms. The average Bonchev–Trinajstić information content (AvgIpc) is 3.23. The molecule has 2 fully saturated rings. The third-order valence-corrected chi connectivity index (χ3v) is 7.03. The Balaban J connectivity index is 1.67. The van der Waals surface area contributed by atoms with Crippen LogP contribution in [0.15, 0.2) is 24.8 Å². The van der Waals surface area contributed by atoms with E-state index in [1.54, 1.807) is 7.05 Å². The molecule has 9 heteroatoms. The first kappa shape index (κ1) is 24.8. The molecule has 0 unspecified atom stereocenters. The number of hydrogen-bond donors (Lipinski definition) is 3. The molecule has 1 aromatic heterocycles. The Labute approximate surface area is 206 Å². The van der Waals surface area contributed by atoms with E-state index in [1.807, 2.05) is 25.1 Å². The van der Waals surface area contributed by atoms with Crippen molar-refractivity contribution >= 4 is 40.2 Å². The number of carbonyl (C=O) groups is 2. The predicted octanol–water partition coefficient (Wildman–Crippen LogP) is 3.82. The van der Waals surface area contributed by atoms with Gasteiger partial charge in [-0.15, -0.1) is 0 Å². The van der Waals surface area contributed by atoms with Gasteiger partial charge in [-0.25, -0.2) is 9.78 Å². The molecule has 0 saturated carbocycles. The summed E-state index contributed by atoms with van der Waals surface area (Å²) in [6.45, 7) is 13.0. The third kappa shape index (κ3) is 5.33. The Morgan fingerprint density at radius 1 is 1.23 bits per heavy atom. The van der Waals surface area contributed by atoms with Crippen molar-refractivity contribution in [3.8, 4) is 0 Å². The molecule has 3 heterocycles. The molecule has 1 spiro atoms. The van der Waals surface area contributed by atoms with Gasteiger partial charge in [0.05, 0.1) is 5.52 Å². The van der Waals surface area contributed by atoms with Crippen molar-refractivity contribution in [3.05, 3.63) is 30.3 Å². The van der Waals surface area contributed by atoms with Crippen LogP contribution in [0.5, 0.6) is 0 Å². The molecule has 4 rings (SSSR count). The standard InChI is InChI=1S/C26H36N6O3/c1-16(2)10-19(12-22(33)27-5)28-23-20-7-6-18(17(3)4)11-21(20)29-24(30-23)31-9-8-26(13-31)14-32(15-26)25(34)35/h6-7,11,16,19H,3,8-10,12-15H2,1-2,4-5H3,(H,27,33)(H,34,35)(H,28,29,30)/t19-/m0/s1. The number of carbonyl (C=O) groups excluding carboxylic acids is 1. The van der Waals surface area contributed by atoms with Crippen molar-refractivity contribution < 1.29 is 14.7 Å². The van der Waals surface area contributed by atoms with Gasteiger partial charge in [-0.05, 0) is 43.4 Å². The first-order chi connectivity index (χ1) is 16.6. The van der Waals surface area contributed by atoms with Crippen LogP contribution in [0.4, 0.5) is 16.6 Å². The predicted molar refractivity (Wildman–Crippen MR) is 139 cm³/mol. The Hall–Kier alpha value is -3.36. The fraction of sp³-hybridized carbons (Fsp3) is 0.538. The van der Waals surface area contributed by atoms with Gasteiger partial charge in [0.25, 0.3) is 0 Å². The zero-order valence-electron chi connectivity index (χ0n) is 21.1. The number of amides is 2. The first-order valence-electron chi connectivity index (χ1n) is 12.3. The molecule has 2 aromatic rings. The van der Waals surface area contributed by atoms with Gasteiger partial charge in [-0.2, -0.15) is 4.98 Å². The number of aromatic nitrogens is 2. The maximum Gasteiger partial charge on any atom is 0.407 e. The van der Waals surface area contributed by atoms with E-state index in [1.165, 1.54) is 4.90 Å². The third-order valence-electron chi connectivity index (χ3n) is 7.03. The molecule has 2 amide bonds. The Morgan fingerprint density at radius 3 is 2.60 bits per heavy atom. The largest absolute Gasteiger partial charge is 0.465 e. The van der Waals surface area contributed by atoms with Gasteiger partial charge in [0, 0.05) is 56.5 Å². The van der Waals surface area contributed by atoms with E-state index in [0.717, 1.165) is 53.8 Å². The van der Waals surface area contributed by atoms with Crippen LogP contribution in [0, 0.1) is 11.3 Å². The number of anilines is 2. The number of likely N-dealkylation sites (tertiary alicyclic amines) is 1. The van der Waals surface area contributed by atoms with Gasteiger partial charge in [0.15, 0.2) is 0 Å². The summed E-state index contributed by atoms with van der Waals surface area (Å²) in [5.41, 5.74) is 2.78. The lowest BCUT2D eigenvalue weighted by molar-refractivity contribution is -0.120. The number of rotatable bonds is 8. The van der Waals surface area contributed by atoms with E-state index in [-0.39, 0.29) is 17.4 Å². The number of benzene rings is 1. The van der Waals surface area contributed by atoms with E-state index in [2.05, 4.69) is 36.0 Å². The number of nitrogens with zero attached hydrogens (tertiary/aromatic N) is 4. The van der Waals surface area contributed by atoms with E-state index in [4.69, 9.17) is 9.97 Å². The summed E-state index contributed by atoms with van der Waals surface area (Å²) >= 11 is 0. The highest BCUT2D eigenvalue weighted by Gasteiger charge is 2.50. The minimum Gasteiger partial charge on any atom is -0.465 e. The number of hydrogen-bond acceptors (Lipinski definition) is 6. The van der Waals surface area contributed by atoms with Crippen LogP contribution in [-0.2, 0) is 4.79 Å². The molecule has 3 N–H and O–H groups in total. The second-order valence-corrected chi connectivity index (χ2v) is 10.5. The van der Waals surface area contributed by atoms with Gasteiger partial charge in [0.2, 0.25) is 11.9 Å². The zero-order valence-corrected chi connectivity index (χ0v) is 21.1. The normalized spacial score (nSPS) is 17.5. The van der Waals surface area contributed by atoms with Crippen LogP contribution >= 0.6 is 0 Å². The summed E-state index contributed by atoms with van der Waals surface area (Å²) in [6, 6.07) is 6.00. The van der Waals surface area contributed by atoms with Crippen molar-refractivity contribution in [1.29, 1.82) is 0 Å². The fourth-order valence-corrected chi connectivity index (χ4v) is 5.18. The topological polar surface area (TPSA) is 111 Å². The molecular formula is C26H36N6O3. The van der Waals surface area contributed by atoms with Crippen LogP contribution in [0.2, 0.25) is 0 Å². The summed E-state index contributed by atoms with van der Waals surface area (Å²) in [5, 5.41) is 16.4. The smallest absolute Gasteiger partial charge is 0.407 e. The Morgan fingerprint density at radius 2 is 1.97 bits per heavy atom. The Kier molecular flexibility index (Phi) is 6.87. The van der Waals surface area contributed by atoms with Crippen molar-refractivity contribution in [3.63, 3.8) is 0 Å². The summed E-state index contributed by atoms with van der Waals surface area (Å²) in [7, 11) is 1.65. The Bertz CT molecular complexity index is 1140. The van der Waals surface area contributed by atoms with Crippen molar-refractivity contribution in [1.82, 2.24) is 20.2 Å². The van der Waals surface area contributed by atoms with Gasteiger partial charge < -0.3 is 25.5 Å². The summed E-state index contributed by atoms with van der Waals surface area (Å²) in [6.07, 6.45) is 1.24. The molecule has 1 aromatic carbocycles. The lowest BCUT2D eigenvalue weighted by atomic mass is 9.79. The molecule has 9 nitrogen and oxygen atoms in total. The number of carboxylic acid groups (broad SMARTS) is 1. The number of allylic oxidation sites excluding steroid dienone is 1. The second kappa shape index (κ2) is 9.71.